The van der Waals surface area contributed by atoms with Crippen LogP contribution in [0, 0.1) is 6.92 Å². The third-order valence-electron chi connectivity index (χ3n) is 6.12. The number of benzene rings is 1. The quantitative estimate of drug-likeness (QED) is 0.517. The number of piperidine rings is 1. The van der Waals surface area contributed by atoms with Crippen molar-refractivity contribution in [3.8, 4) is 0 Å². The predicted molar refractivity (Wildman–Crippen MR) is 123 cm³/mol. The highest BCUT2D eigenvalue weighted by molar-refractivity contribution is 7.11. The molecular formula is C26H26N2S. The van der Waals surface area contributed by atoms with Gasteiger partial charge in [-0.25, -0.2) is 0 Å². The third-order valence-corrected chi connectivity index (χ3v) is 7.13. The van der Waals surface area contributed by atoms with Gasteiger partial charge in [-0.3, -0.25) is 9.88 Å². The number of fused-ring (bicyclic) bond motifs is 2. The van der Waals surface area contributed by atoms with E-state index in [1.54, 1.807) is 5.57 Å². The fraction of sp³-hybridized carbons (Fsp3) is 0.269. The second-order valence-corrected chi connectivity index (χ2v) is 9.10. The van der Waals surface area contributed by atoms with Crippen LogP contribution in [0.5, 0.6) is 0 Å². The van der Waals surface area contributed by atoms with E-state index in [2.05, 4.69) is 71.2 Å². The smallest absolute Gasteiger partial charge is 0.0546 e. The lowest BCUT2D eigenvalue weighted by Crippen LogP contribution is -2.31. The van der Waals surface area contributed by atoms with Crippen LogP contribution in [0.1, 0.15) is 45.7 Å². The summed E-state index contributed by atoms with van der Waals surface area (Å²) >= 11 is 1.84. The number of aromatic nitrogens is 1. The molecule has 0 atom stereocenters. The number of likely N-dealkylation sites (tertiary alicyclic amines) is 1. The Labute approximate surface area is 177 Å². The van der Waals surface area contributed by atoms with E-state index in [0.29, 0.717) is 0 Å². The first kappa shape index (κ1) is 18.5. The lowest BCUT2D eigenvalue weighted by atomic mass is 9.87. The third kappa shape index (κ3) is 3.61. The van der Waals surface area contributed by atoms with Gasteiger partial charge >= 0.3 is 0 Å². The number of allylic oxidation sites excluding steroid dienone is 1. The first-order valence-corrected chi connectivity index (χ1v) is 11.3. The van der Waals surface area contributed by atoms with Crippen LogP contribution in [0.4, 0.5) is 0 Å². The molecule has 2 nitrogen and oxygen atoms in total. The molecule has 1 aliphatic heterocycles. The monoisotopic (exact) mass is 398 g/mol. The van der Waals surface area contributed by atoms with Crippen molar-refractivity contribution in [1.82, 2.24) is 9.88 Å². The first-order valence-electron chi connectivity index (χ1n) is 10.4. The summed E-state index contributed by atoms with van der Waals surface area (Å²) < 4.78 is 0. The molecule has 0 unspecified atom stereocenters. The standard InChI is InChI=1S/C26H26N2S/c1-18-7-11-27-22(15-18)17-28-12-8-20(9-13-28)25-23-6-4-3-5-21(23)16-19(2)26-24(25)10-14-29-26/h3-7,10-11,14-15H,2,8-9,12-13,16-17H2,1H3. The summed E-state index contributed by atoms with van der Waals surface area (Å²) in [6.45, 7) is 9.68. The summed E-state index contributed by atoms with van der Waals surface area (Å²) in [7, 11) is 0. The van der Waals surface area contributed by atoms with Gasteiger partial charge in [-0.05, 0) is 77.6 Å². The van der Waals surface area contributed by atoms with Gasteiger partial charge in [0.2, 0.25) is 0 Å². The molecule has 1 aliphatic carbocycles. The zero-order valence-corrected chi connectivity index (χ0v) is 17.8. The van der Waals surface area contributed by atoms with Crippen LogP contribution in [0.15, 0.2) is 66.2 Å². The molecule has 3 aromatic rings. The molecule has 0 saturated carbocycles. The summed E-state index contributed by atoms with van der Waals surface area (Å²) in [5.74, 6) is 0. The van der Waals surface area contributed by atoms with Crippen molar-refractivity contribution in [2.45, 2.75) is 32.7 Å². The van der Waals surface area contributed by atoms with E-state index < -0.39 is 0 Å². The molecule has 29 heavy (non-hydrogen) atoms. The van der Waals surface area contributed by atoms with Crippen LogP contribution in [0.3, 0.4) is 0 Å². The first-order chi connectivity index (χ1) is 14.2. The van der Waals surface area contributed by atoms with Gasteiger partial charge in [0.25, 0.3) is 0 Å². The van der Waals surface area contributed by atoms with Gasteiger partial charge in [0.15, 0.2) is 0 Å². The van der Waals surface area contributed by atoms with Gasteiger partial charge in [-0.15, -0.1) is 11.3 Å². The maximum atomic E-state index is 4.55. The lowest BCUT2D eigenvalue weighted by molar-refractivity contribution is 0.246. The Kier molecular flexibility index (Phi) is 4.94. The normalized spacial score (nSPS) is 17.1. The van der Waals surface area contributed by atoms with Crippen molar-refractivity contribution in [3.05, 3.63) is 99.0 Å². The average Bonchev–Trinajstić information content (AvgIpc) is 3.16. The summed E-state index contributed by atoms with van der Waals surface area (Å²) in [6.07, 6.45) is 5.12. The molecule has 5 rings (SSSR count). The Bertz CT molecular complexity index is 1100. The lowest BCUT2D eigenvalue weighted by Gasteiger charge is -2.30. The second-order valence-electron chi connectivity index (χ2n) is 8.18. The van der Waals surface area contributed by atoms with E-state index in [-0.39, 0.29) is 0 Å². The van der Waals surface area contributed by atoms with Crippen molar-refractivity contribution in [1.29, 1.82) is 0 Å². The number of hydrogen-bond donors (Lipinski definition) is 0. The highest BCUT2D eigenvalue weighted by Crippen LogP contribution is 2.43. The number of aryl methyl sites for hydroxylation is 1. The average molecular weight is 399 g/mol. The molecule has 3 heterocycles. The van der Waals surface area contributed by atoms with Crippen LogP contribution in [0.25, 0.3) is 11.1 Å². The Morgan fingerprint density at radius 1 is 1.07 bits per heavy atom. The van der Waals surface area contributed by atoms with Gasteiger partial charge in [-0.2, -0.15) is 0 Å². The van der Waals surface area contributed by atoms with Crippen LogP contribution in [-0.2, 0) is 13.0 Å². The molecule has 2 aliphatic rings. The van der Waals surface area contributed by atoms with E-state index in [9.17, 15) is 0 Å². The highest BCUT2D eigenvalue weighted by Gasteiger charge is 2.25. The van der Waals surface area contributed by atoms with Crippen molar-refractivity contribution >= 4 is 22.5 Å². The van der Waals surface area contributed by atoms with E-state index in [1.165, 1.54) is 44.0 Å². The van der Waals surface area contributed by atoms with E-state index in [1.807, 2.05) is 17.5 Å². The summed E-state index contributed by atoms with van der Waals surface area (Å²) in [5.41, 5.74) is 11.0. The molecule has 0 N–H and O–H groups in total. The fourth-order valence-electron chi connectivity index (χ4n) is 4.68. The number of nitrogens with zero attached hydrogens (tertiary/aromatic N) is 2. The minimum atomic E-state index is 0.946. The largest absolute Gasteiger partial charge is 0.297 e. The van der Waals surface area contributed by atoms with Crippen LogP contribution >= 0.6 is 11.3 Å². The minimum Gasteiger partial charge on any atom is -0.297 e. The topological polar surface area (TPSA) is 16.1 Å². The minimum absolute atomic E-state index is 0.946. The van der Waals surface area contributed by atoms with Crippen molar-refractivity contribution in [2.24, 2.45) is 0 Å². The molecule has 1 saturated heterocycles. The van der Waals surface area contributed by atoms with Gasteiger partial charge in [0, 0.05) is 36.3 Å². The van der Waals surface area contributed by atoms with E-state index >= 15 is 0 Å². The molecule has 0 bridgehead atoms. The number of hydrogen-bond acceptors (Lipinski definition) is 3. The van der Waals surface area contributed by atoms with Crippen molar-refractivity contribution in [2.75, 3.05) is 13.1 Å². The summed E-state index contributed by atoms with van der Waals surface area (Å²) in [5, 5.41) is 2.23. The number of rotatable bonds is 2. The molecule has 2 aromatic heterocycles. The molecular weight excluding hydrogens is 372 g/mol. The molecule has 0 radical (unpaired) electrons. The van der Waals surface area contributed by atoms with Gasteiger partial charge in [0.05, 0.1) is 5.69 Å². The Balaban J connectivity index is 1.47. The van der Waals surface area contributed by atoms with Crippen LogP contribution in [0.2, 0.25) is 0 Å². The van der Waals surface area contributed by atoms with Crippen molar-refractivity contribution in [3.63, 3.8) is 0 Å². The molecule has 3 heteroatoms. The Morgan fingerprint density at radius 2 is 1.90 bits per heavy atom. The highest BCUT2D eigenvalue weighted by atomic mass is 32.1. The fourth-order valence-corrected chi connectivity index (χ4v) is 5.56. The van der Waals surface area contributed by atoms with Gasteiger partial charge in [-0.1, -0.05) is 36.4 Å². The molecule has 0 spiro atoms. The maximum Gasteiger partial charge on any atom is 0.0546 e. The van der Waals surface area contributed by atoms with Crippen molar-refractivity contribution < 1.29 is 0 Å². The predicted octanol–water partition coefficient (Wildman–Crippen LogP) is 6.12. The second kappa shape index (κ2) is 7.74. The van der Waals surface area contributed by atoms with Gasteiger partial charge in [0.1, 0.15) is 0 Å². The summed E-state index contributed by atoms with van der Waals surface area (Å²) in [6, 6.07) is 15.5. The SMILES string of the molecule is C=C1Cc2ccccc2C(=C2CCN(Cc3cc(C)ccn3)CC2)c2ccsc21. The molecule has 0 amide bonds. The van der Waals surface area contributed by atoms with Crippen LogP contribution in [-0.4, -0.2) is 23.0 Å². The Hall–Kier alpha value is -2.49. The molecule has 1 aromatic carbocycles. The Morgan fingerprint density at radius 3 is 2.72 bits per heavy atom. The number of thiophene rings is 1. The zero-order chi connectivity index (χ0) is 19.8. The maximum absolute atomic E-state index is 4.55. The van der Waals surface area contributed by atoms with Crippen LogP contribution < -0.4 is 0 Å². The number of pyridine rings is 1. The molecule has 1 fully saturated rings. The van der Waals surface area contributed by atoms with Gasteiger partial charge < -0.3 is 0 Å². The van der Waals surface area contributed by atoms with E-state index in [4.69, 9.17) is 0 Å². The zero-order valence-electron chi connectivity index (χ0n) is 16.9. The summed E-state index contributed by atoms with van der Waals surface area (Å²) in [4.78, 5) is 8.47. The molecule has 146 valence electrons. The van der Waals surface area contributed by atoms with E-state index in [0.717, 1.165) is 38.9 Å².